The molecule has 0 spiro atoms. The van der Waals surface area contributed by atoms with Crippen LogP contribution in [0.2, 0.25) is 0 Å². The molecule has 1 saturated carbocycles. The minimum atomic E-state index is -0.926. The molecule has 1 saturated heterocycles. The fourth-order valence-electron chi connectivity index (χ4n) is 4.48. The van der Waals surface area contributed by atoms with Crippen LogP contribution in [0.3, 0.4) is 0 Å². The van der Waals surface area contributed by atoms with Gasteiger partial charge in [-0.3, -0.25) is 4.90 Å². The lowest BCUT2D eigenvalue weighted by Gasteiger charge is -2.46. The van der Waals surface area contributed by atoms with Crippen LogP contribution in [-0.4, -0.2) is 70.4 Å². The molecular weight excluding hydrogens is 408 g/mol. The molecule has 1 aliphatic heterocycles. The van der Waals surface area contributed by atoms with E-state index in [1.54, 1.807) is 24.3 Å². The number of likely N-dealkylation sites (tertiary alicyclic amines) is 1. The van der Waals surface area contributed by atoms with Crippen LogP contribution >= 0.6 is 0 Å². The number of hydrogen-bond donors (Lipinski definition) is 1. The van der Waals surface area contributed by atoms with E-state index in [1.165, 1.54) is 0 Å². The fraction of sp³-hybridized carbons (Fsp3) is 0.680. The molecule has 7 heteroatoms. The number of ether oxygens (including phenoxy) is 2. The van der Waals surface area contributed by atoms with Crippen molar-refractivity contribution in [2.45, 2.75) is 84.1 Å². The van der Waals surface area contributed by atoms with E-state index in [0.717, 1.165) is 51.1 Å². The van der Waals surface area contributed by atoms with Crippen LogP contribution in [0.1, 0.15) is 70.7 Å². The van der Waals surface area contributed by atoms with Gasteiger partial charge in [-0.15, -0.1) is 0 Å². The third-order valence-corrected chi connectivity index (χ3v) is 6.34. The van der Waals surface area contributed by atoms with Crippen LogP contribution in [0, 0.1) is 5.92 Å². The van der Waals surface area contributed by atoms with E-state index < -0.39 is 11.6 Å². The summed E-state index contributed by atoms with van der Waals surface area (Å²) in [7, 11) is 0. The number of benzene rings is 1. The van der Waals surface area contributed by atoms with E-state index in [2.05, 4.69) is 18.7 Å². The number of hydrogen-bond acceptors (Lipinski definition) is 5. The highest BCUT2D eigenvalue weighted by atomic mass is 16.6. The maximum atomic E-state index is 12.3. The fourth-order valence-corrected chi connectivity index (χ4v) is 4.48. The molecule has 1 amide bonds. The van der Waals surface area contributed by atoms with Crippen LogP contribution in [0.4, 0.5) is 4.79 Å². The lowest BCUT2D eigenvalue weighted by atomic mass is 9.85. The SMILES string of the molecule is CC(C)N(CC1CCN(C(=O)OC(C)(C)C)CC1)C1CC(Oc2ccc(C(=O)O)cc2)C1. The highest BCUT2D eigenvalue weighted by Crippen LogP contribution is 2.33. The zero-order chi connectivity index (χ0) is 23.5. The van der Waals surface area contributed by atoms with Crippen molar-refractivity contribution in [3.05, 3.63) is 29.8 Å². The average molecular weight is 447 g/mol. The van der Waals surface area contributed by atoms with E-state index in [-0.39, 0.29) is 17.8 Å². The molecule has 1 aliphatic carbocycles. The summed E-state index contributed by atoms with van der Waals surface area (Å²) in [5, 5.41) is 9.01. The third kappa shape index (κ3) is 6.61. The summed E-state index contributed by atoms with van der Waals surface area (Å²) in [4.78, 5) is 27.7. The van der Waals surface area contributed by atoms with Crippen LogP contribution in [0.25, 0.3) is 0 Å². The topological polar surface area (TPSA) is 79.3 Å². The number of nitrogens with zero attached hydrogens (tertiary/aromatic N) is 2. The number of amides is 1. The van der Waals surface area contributed by atoms with Gasteiger partial charge >= 0.3 is 12.1 Å². The van der Waals surface area contributed by atoms with Crippen LogP contribution in [0.5, 0.6) is 5.75 Å². The van der Waals surface area contributed by atoms with Gasteiger partial charge in [-0.25, -0.2) is 9.59 Å². The quantitative estimate of drug-likeness (QED) is 0.657. The molecule has 7 nitrogen and oxygen atoms in total. The van der Waals surface area contributed by atoms with E-state index in [0.29, 0.717) is 18.0 Å². The maximum absolute atomic E-state index is 12.3. The number of carbonyl (C=O) groups excluding carboxylic acids is 1. The molecule has 0 radical (unpaired) electrons. The molecular formula is C25H38N2O5. The monoisotopic (exact) mass is 446 g/mol. The Kier molecular flexibility index (Phi) is 7.70. The third-order valence-electron chi connectivity index (χ3n) is 6.34. The standard InChI is InChI=1S/C25H38N2O5/c1-17(2)27(16-18-10-12-26(13-11-18)24(30)32-25(3,4)5)20-14-22(15-20)31-21-8-6-19(7-9-21)23(28)29/h6-9,17-18,20,22H,10-16H2,1-5H3,(H,28,29). The van der Waals surface area contributed by atoms with Gasteiger partial charge in [0.25, 0.3) is 0 Å². The Morgan fingerprint density at radius 1 is 1.12 bits per heavy atom. The Bertz CT molecular complexity index is 773. The summed E-state index contributed by atoms with van der Waals surface area (Å²) in [6, 6.07) is 7.59. The Hall–Kier alpha value is -2.28. The average Bonchev–Trinajstić information content (AvgIpc) is 2.68. The Balaban J connectivity index is 1.44. The molecule has 178 valence electrons. The molecule has 3 rings (SSSR count). The summed E-state index contributed by atoms with van der Waals surface area (Å²) < 4.78 is 11.5. The van der Waals surface area contributed by atoms with Gasteiger partial charge in [0, 0.05) is 44.6 Å². The first-order chi connectivity index (χ1) is 15.0. The Morgan fingerprint density at radius 3 is 2.22 bits per heavy atom. The first-order valence-corrected chi connectivity index (χ1v) is 11.8. The molecule has 1 N–H and O–H groups in total. The van der Waals surface area contributed by atoms with Gasteiger partial charge in [0.15, 0.2) is 0 Å². The van der Waals surface area contributed by atoms with Crippen molar-refractivity contribution in [1.29, 1.82) is 0 Å². The molecule has 2 aliphatic rings. The number of carboxylic acid groups (broad SMARTS) is 1. The van der Waals surface area contributed by atoms with Crippen molar-refractivity contribution in [3.8, 4) is 5.75 Å². The van der Waals surface area contributed by atoms with Crippen molar-refractivity contribution in [2.24, 2.45) is 5.92 Å². The largest absolute Gasteiger partial charge is 0.490 e. The first kappa shape index (κ1) is 24.4. The molecule has 0 unspecified atom stereocenters. The predicted molar refractivity (Wildman–Crippen MR) is 123 cm³/mol. The molecule has 0 atom stereocenters. The lowest BCUT2D eigenvalue weighted by molar-refractivity contribution is -0.0134. The normalized spacial score (nSPS) is 22.0. The second-order valence-corrected chi connectivity index (χ2v) is 10.4. The minimum absolute atomic E-state index is 0.172. The highest BCUT2D eigenvalue weighted by molar-refractivity contribution is 5.87. The maximum Gasteiger partial charge on any atom is 0.410 e. The Morgan fingerprint density at radius 2 is 1.72 bits per heavy atom. The summed E-state index contributed by atoms with van der Waals surface area (Å²) in [6.45, 7) is 12.8. The van der Waals surface area contributed by atoms with Crippen molar-refractivity contribution in [2.75, 3.05) is 19.6 Å². The van der Waals surface area contributed by atoms with Crippen LogP contribution < -0.4 is 4.74 Å². The van der Waals surface area contributed by atoms with Gasteiger partial charge in [-0.2, -0.15) is 0 Å². The van der Waals surface area contributed by atoms with Gasteiger partial charge in [-0.05, 0) is 77.6 Å². The highest BCUT2D eigenvalue weighted by Gasteiger charge is 2.38. The van der Waals surface area contributed by atoms with E-state index in [9.17, 15) is 9.59 Å². The van der Waals surface area contributed by atoms with E-state index in [4.69, 9.17) is 14.6 Å². The van der Waals surface area contributed by atoms with Gasteiger partial charge in [-0.1, -0.05) is 0 Å². The van der Waals surface area contributed by atoms with Crippen molar-refractivity contribution >= 4 is 12.1 Å². The van der Waals surface area contributed by atoms with Gasteiger partial charge in [0.2, 0.25) is 0 Å². The van der Waals surface area contributed by atoms with E-state index >= 15 is 0 Å². The number of piperidine rings is 1. The number of rotatable bonds is 7. The van der Waals surface area contributed by atoms with Crippen molar-refractivity contribution < 1.29 is 24.2 Å². The lowest BCUT2D eigenvalue weighted by Crippen LogP contribution is -2.54. The minimum Gasteiger partial charge on any atom is -0.490 e. The first-order valence-electron chi connectivity index (χ1n) is 11.8. The van der Waals surface area contributed by atoms with Gasteiger partial charge < -0.3 is 19.5 Å². The molecule has 1 aromatic rings. The summed E-state index contributed by atoms with van der Waals surface area (Å²) >= 11 is 0. The summed E-state index contributed by atoms with van der Waals surface area (Å²) in [5.41, 5.74) is -0.184. The molecule has 0 aromatic heterocycles. The van der Waals surface area contributed by atoms with Crippen molar-refractivity contribution in [3.63, 3.8) is 0 Å². The molecule has 1 aromatic carbocycles. The smallest absolute Gasteiger partial charge is 0.410 e. The second kappa shape index (κ2) is 10.1. The van der Waals surface area contributed by atoms with E-state index in [1.807, 2.05) is 25.7 Å². The van der Waals surface area contributed by atoms with Crippen LogP contribution in [-0.2, 0) is 4.74 Å². The van der Waals surface area contributed by atoms with Crippen LogP contribution in [0.15, 0.2) is 24.3 Å². The predicted octanol–water partition coefficient (Wildman–Crippen LogP) is 4.65. The van der Waals surface area contributed by atoms with Crippen molar-refractivity contribution in [1.82, 2.24) is 9.80 Å². The number of carboxylic acids is 1. The van der Waals surface area contributed by atoms with Gasteiger partial charge in [0.05, 0.1) is 5.56 Å². The summed E-state index contributed by atoms with van der Waals surface area (Å²) in [5.74, 6) is 0.383. The molecule has 32 heavy (non-hydrogen) atoms. The molecule has 0 bridgehead atoms. The number of aromatic carboxylic acids is 1. The van der Waals surface area contributed by atoms with Gasteiger partial charge in [0.1, 0.15) is 17.5 Å². The molecule has 2 fully saturated rings. The summed E-state index contributed by atoms with van der Waals surface area (Å²) in [6.07, 6.45) is 3.94. The zero-order valence-corrected chi connectivity index (χ0v) is 20.0. The second-order valence-electron chi connectivity index (χ2n) is 10.4. The Labute approximate surface area is 191 Å². The molecule has 1 heterocycles. The zero-order valence-electron chi connectivity index (χ0n) is 20.0. The number of carbonyl (C=O) groups is 2.